The lowest BCUT2D eigenvalue weighted by molar-refractivity contribution is 0.0882. The summed E-state index contributed by atoms with van der Waals surface area (Å²) in [7, 11) is 3.47. The van der Waals surface area contributed by atoms with Crippen LogP contribution in [0, 0.1) is 28.6 Å². The summed E-state index contributed by atoms with van der Waals surface area (Å²) >= 11 is 0. The van der Waals surface area contributed by atoms with Crippen molar-refractivity contribution >= 4 is 5.52 Å². The molecule has 1 aromatic carbocycles. The van der Waals surface area contributed by atoms with E-state index in [-0.39, 0.29) is 5.92 Å². The smallest absolute Gasteiger partial charge is 0.242 e. The van der Waals surface area contributed by atoms with E-state index in [0.29, 0.717) is 43.1 Å². The molecule has 39 heavy (non-hydrogen) atoms. The van der Waals surface area contributed by atoms with Gasteiger partial charge >= 0.3 is 0 Å². The number of benzene rings is 1. The summed E-state index contributed by atoms with van der Waals surface area (Å²) < 4.78 is 16.6. The highest BCUT2D eigenvalue weighted by molar-refractivity contribution is 5.79. The second kappa shape index (κ2) is 9.62. The van der Waals surface area contributed by atoms with Gasteiger partial charge < -0.3 is 9.47 Å². The molecule has 0 N–H and O–H groups in total. The Bertz CT molecular complexity index is 1730. The largest absolute Gasteiger partial charge is 0.497 e. The second-order valence-corrected chi connectivity index (χ2v) is 9.76. The van der Waals surface area contributed by atoms with Gasteiger partial charge in [0.15, 0.2) is 0 Å². The van der Waals surface area contributed by atoms with Gasteiger partial charge in [0.25, 0.3) is 0 Å². The van der Waals surface area contributed by atoms with Gasteiger partial charge in [0.2, 0.25) is 5.88 Å². The molecule has 0 amide bonds. The SMILES string of the molecule is COc1ccc(COc2nn(C)cc2-c2cn3nccc3c(-c3cnn(C4(CC#N)CC(C#N)C4)c3)n2)cc1. The number of hydrogen-bond acceptors (Lipinski definition) is 8. The van der Waals surface area contributed by atoms with E-state index in [1.807, 2.05) is 60.7 Å². The molecule has 1 aliphatic carbocycles. The molecule has 0 radical (unpaired) electrons. The van der Waals surface area contributed by atoms with Crippen LogP contribution in [0.1, 0.15) is 24.8 Å². The number of nitriles is 2. The lowest BCUT2D eigenvalue weighted by atomic mass is 9.67. The Hall–Kier alpha value is -5.16. The summed E-state index contributed by atoms with van der Waals surface area (Å²) in [5.74, 6) is 1.18. The third kappa shape index (κ3) is 4.34. The van der Waals surface area contributed by atoms with E-state index in [2.05, 4.69) is 27.4 Å². The number of aromatic nitrogens is 7. The molecule has 4 aromatic heterocycles. The summed E-state index contributed by atoms with van der Waals surface area (Å²) in [6.07, 6.45) is 10.6. The van der Waals surface area contributed by atoms with Crippen molar-refractivity contribution in [3.8, 4) is 46.3 Å². The summed E-state index contributed by atoms with van der Waals surface area (Å²) in [5.41, 5.74) is 4.21. The Kier molecular flexibility index (Phi) is 5.97. The number of rotatable bonds is 8. The second-order valence-electron chi connectivity index (χ2n) is 9.76. The van der Waals surface area contributed by atoms with Crippen molar-refractivity contribution in [2.45, 2.75) is 31.4 Å². The Labute approximate surface area is 224 Å². The first kappa shape index (κ1) is 24.2. The summed E-state index contributed by atoms with van der Waals surface area (Å²) in [5, 5.41) is 32.3. The molecule has 6 rings (SSSR count). The summed E-state index contributed by atoms with van der Waals surface area (Å²) in [6.45, 7) is 0.336. The first-order valence-electron chi connectivity index (χ1n) is 12.5. The topological polar surface area (TPSA) is 132 Å². The maximum atomic E-state index is 9.43. The van der Waals surface area contributed by atoms with Gasteiger partial charge in [-0.2, -0.15) is 20.7 Å². The maximum Gasteiger partial charge on any atom is 0.242 e. The number of hydrogen-bond donors (Lipinski definition) is 0. The zero-order valence-corrected chi connectivity index (χ0v) is 21.5. The summed E-state index contributed by atoms with van der Waals surface area (Å²) in [6, 6.07) is 14.1. The summed E-state index contributed by atoms with van der Waals surface area (Å²) in [4.78, 5) is 5.00. The molecule has 1 fully saturated rings. The molecule has 0 aliphatic heterocycles. The van der Waals surface area contributed by atoms with Crippen molar-refractivity contribution in [3.63, 3.8) is 0 Å². The van der Waals surface area contributed by atoms with Gasteiger partial charge in [0.1, 0.15) is 12.4 Å². The van der Waals surface area contributed by atoms with Gasteiger partial charge in [-0.3, -0.25) is 9.36 Å². The fraction of sp³-hybridized carbons (Fsp3) is 0.286. The van der Waals surface area contributed by atoms with E-state index in [0.717, 1.165) is 28.0 Å². The van der Waals surface area contributed by atoms with E-state index in [1.165, 1.54) is 0 Å². The van der Waals surface area contributed by atoms with Gasteiger partial charge in [-0.15, -0.1) is 5.10 Å². The monoisotopic (exact) mass is 519 g/mol. The first-order valence-corrected chi connectivity index (χ1v) is 12.5. The molecule has 11 heteroatoms. The minimum Gasteiger partial charge on any atom is -0.497 e. The van der Waals surface area contributed by atoms with Crippen molar-refractivity contribution in [2.24, 2.45) is 13.0 Å². The molecule has 0 bridgehead atoms. The third-order valence-electron chi connectivity index (χ3n) is 7.18. The van der Waals surface area contributed by atoms with Crippen LogP contribution in [0.4, 0.5) is 0 Å². The van der Waals surface area contributed by atoms with E-state index in [9.17, 15) is 10.5 Å². The number of nitrogens with zero attached hydrogens (tertiary/aromatic N) is 9. The maximum absolute atomic E-state index is 9.43. The van der Waals surface area contributed by atoms with Gasteiger partial charge in [0.05, 0.1) is 78.2 Å². The standard InChI is InChI=1S/C28H25N9O2/c1-35-16-23(27(34-35)39-18-19-3-5-22(38-2)6-4-19)24-17-36-25(7-10-31-36)26(33-24)21-14-32-37(15-21)28(8-9-29)11-20(12-28)13-30/h3-7,10,14-17,20H,8,11-12,18H2,1-2H3. The van der Waals surface area contributed by atoms with Gasteiger partial charge in [-0.25, -0.2) is 9.50 Å². The predicted octanol–water partition coefficient (Wildman–Crippen LogP) is 4.12. The molecule has 1 saturated carbocycles. The van der Waals surface area contributed by atoms with Crippen molar-refractivity contribution in [1.29, 1.82) is 10.5 Å². The fourth-order valence-electron chi connectivity index (χ4n) is 5.11. The van der Waals surface area contributed by atoms with Crippen LogP contribution in [0.3, 0.4) is 0 Å². The first-order chi connectivity index (χ1) is 19.0. The van der Waals surface area contributed by atoms with Crippen LogP contribution in [0.2, 0.25) is 0 Å². The van der Waals surface area contributed by atoms with E-state index in [1.54, 1.807) is 28.7 Å². The van der Waals surface area contributed by atoms with Crippen molar-refractivity contribution in [2.75, 3.05) is 7.11 Å². The number of aryl methyl sites for hydroxylation is 1. The predicted molar refractivity (Wildman–Crippen MR) is 140 cm³/mol. The van der Waals surface area contributed by atoms with Crippen LogP contribution in [0.15, 0.2) is 61.3 Å². The Morgan fingerprint density at radius 1 is 1.08 bits per heavy atom. The quantitative estimate of drug-likeness (QED) is 0.299. The molecule has 0 atom stereocenters. The molecule has 0 unspecified atom stereocenters. The molecule has 11 nitrogen and oxygen atoms in total. The Morgan fingerprint density at radius 3 is 2.64 bits per heavy atom. The number of fused-ring (bicyclic) bond motifs is 1. The molecule has 0 saturated heterocycles. The van der Waals surface area contributed by atoms with Crippen LogP contribution >= 0.6 is 0 Å². The molecule has 4 heterocycles. The average Bonchev–Trinajstić information content (AvgIpc) is 3.69. The van der Waals surface area contributed by atoms with E-state index < -0.39 is 5.54 Å². The minimum atomic E-state index is -0.465. The average molecular weight is 520 g/mol. The van der Waals surface area contributed by atoms with Gasteiger partial charge in [-0.05, 0) is 36.6 Å². The van der Waals surface area contributed by atoms with Gasteiger partial charge in [0, 0.05) is 25.0 Å². The van der Waals surface area contributed by atoms with Crippen molar-refractivity contribution < 1.29 is 9.47 Å². The molecular weight excluding hydrogens is 494 g/mol. The molecule has 5 aromatic rings. The Morgan fingerprint density at radius 2 is 1.90 bits per heavy atom. The lowest BCUT2D eigenvalue weighted by Gasteiger charge is -2.43. The molecule has 194 valence electrons. The highest BCUT2D eigenvalue weighted by Crippen LogP contribution is 2.46. The normalized spacial score (nSPS) is 18.3. The zero-order chi connectivity index (χ0) is 27.0. The molecular formula is C28H25N9O2. The van der Waals surface area contributed by atoms with Crippen LogP contribution in [0.25, 0.3) is 28.0 Å². The van der Waals surface area contributed by atoms with Crippen molar-refractivity contribution in [3.05, 3.63) is 66.9 Å². The third-order valence-corrected chi connectivity index (χ3v) is 7.18. The fourth-order valence-corrected chi connectivity index (χ4v) is 5.11. The van der Waals surface area contributed by atoms with E-state index >= 15 is 0 Å². The molecule has 1 aliphatic rings. The van der Waals surface area contributed by atoms with E-state index in [4.69, 9.17) is 14.5 Å². The van der Waals surface area contributed by atoms with Crippen LogP contribution in [-0.4, -0.2) is 41.3 Å². The van der Waals surface area contributed by atoms with Crippen molar-refractivity contribution in [1.82, 2.24) is 34.2 Å². The highest BCUT2D eigenvalue weighted by atomic mass is 16.5. The highest BCUT2D eigenvalue weighted by Gasteiger charge is 2.46. The lowest BCUT2D eigenvalue weighted by Crippen LogP contribution is -2.46. The van der Waals surface area contributed by atoms with Crippen LogP contribution in [0.5, 0.6) is 11.6 Å². The van der Waals surface area contributed by atoms with Crippen LogP contribution in [-0.2, 0) is 19.2 Å². The van der Waals surface area contributed by atoms with Crippen LogP contribution < -0.4 is 9.47 Å². The molecule has 0 spiro atoms. The zero-order valence-electron chi connectivity index (χ0n) is 21.5. The van der Waals surface area contributed by atoms with Gasteiger partial charge in [-0.1, -0.05) is 12.1 Å². The number of methoxy groups -OCH3 is 1. The minimum absolute atomic E-state index is 0.0593. The number of ether oxygens (including phenoxy) is 2. The Balaban J connectivity index is 1.34.